The lowest BCUT2D eigenvalue weighted by Gasteiger charge is -2.12. The van der Waals surface area contributed by atoms with Crippen molar-refractivity contribution in [3.8, 4) is 0 Å². The second kappa shape index (κ2) is 6.85. The molecule has 1 aromatic heterocycles. The molecule has 0 fully saturated rings. The second-order valence-corrected chi connectivity index (χ2v) is 5.48. The van der Waals surface area contributed by atoms with E-state index < -0.39 is 16.1 Å². The molecule has 1 unspecified atom stereocenters. The Labute approximate surface area is 125 Å². The van der Waals surface area contributed by atoms with Crippen LogP contribution in [0.15, 0.2) is 53.7 Å². The molecular formula is C14H12N2O4S. The number of nitro groups is 1. The lowest BCUT2D eigenvalue weighted by molar-refractivity contribution is -0.388. The topological polar surface area (TPSA) is 93.3 Å². The number of carboxylic acids is 1. The van der Waals surface area contributed by atoms with E-state index in [9.17, 15) is 20.0 Å². The van der Waals surface area contributed by atoms with Crippen LogP contribution in [0.4, 0.5) is 5.69 Å². The van der Waals surface area contributed by atoms with Crippen LogP contribution in [0.1, 0.15) is 5.56 Å². The molecule has 1 heterocycles. The Morgan fingerprint density at radius 3 is 2.67 bits per heavy atom. The summed E-state index contributed by atoms with van der Waals surface area (Å²) < 4.78 is 0. The van der Waals surface area contributed by atoms with Gasteiger partial charge in [0.2, 0.25) is 0 Å². The van der Waals surface area contributed by atoms with E-state index in [4.69, 9.17) is 0 Å². The van der Waals surface area contributed by atoms with Crippen molar-refractivity contribution in [3.63, 3.8) is 0 Å². The zero-order chi connectivity index (χ0) is 15.2. The molecule has 108 valence electrons. The number of hydrogen-bond donors (Lipinski definition) is 1. The largest absolute Gasteiger partial charge is 0.480 e. The number of nitrogens with zero attached hydrogens (tertiary/aromatic N) is 2. The van der Waals surface area contributed by atoms with Crippen molar-refractivity contribution in [3.05, 3.63) is 64.5 Å². The maximum Gasteiger partial charge on any atom is 0.317 e. The van der Waals surface area contributed by atoms with Crippen LogP contribution in [0.25, 0.3) is 0 Å². The van der Waals surface area contributed by atoms with Crippen LogP contribution < -0.4 is 0 Å². The molecule has 0 saturated carbocycles. The van der Waals surface area contributed by atoms with Gasteiger partial charge >= 0.3 is 11.7 Å². The Morgan fingerprint density at radius 1 is 1.33 bits per heavy atom. The van der Waals surface area contributed by atoms with Gasteiger partial charge in [-0.3, -0.25) is 19.9 Å². The van der Waals surface area contributed by atoms with Crippen molar-refractivity contribution in [1.29, 1.82) is 0 Å². The highest BCUT2D eigenvalue weighted by Crippen LogP contribution is 2.32. The number of benzene rings is 1. The average Bonchev–Trinajstić information content (AvgIpc) is 2.48. The van der Waals surface area contributed by atoms with E-state index in [1.54, 1.807) is 0 Å². The summed E-state index contributed by atoms with van der Waals surface area (Å²) in [7, 11) is 0. The van der Waals surface area contributed by atoms with Crippen LogP contribution >= 0.6 is 11.8 Å². The quantitative estimate of drug-likeness (QED) is 0.501. The van der Waals surface area contributed by atoms with Gasteiger partial charge in [0.05, 0.1) is 9.82 Å². The Bertz CT molecular complexity index is 648. The zero-order valence-electron chi connectivity index (χ0n) is 10.9. The Kier molecular flexibility index (Phi) is 4.89. The summed E-state index contributed by atoms with van der Waals surface area (Å²) >= 11 is 0.965. The molecule has 7 heteroatoms. The third kappa shape index (κ3) is 4.03. The van der Waals surface area contributed by atoms with Crippen molar-refractivity contribution in [2.45, 2.75) is 16.6 Å². The van der Waals surface area contributed by atoms with Gasteiger partial charge in [-0.1, -0.05) is 30.3 Å². The van der Waals surface area contributed by atoms with Crippen LogP contribution in [0.3, 0.4) is 0 Å². The molecular weight excluding hydrogens is 292 g/mol. The van der Waals surface area contributed by atoms with E-state index >= 15 is 0 Å². The third-order valence-electron chi connectivity index (χ3n) is 2.77. The number of rotatable bonds is 6. The molecule has 0 aliphatic rings. The van der Waals surface area contributed by atoms with E-state index in [1.807, 2.05) is 30.3 Å². The van der Waals surface area contributed by atoms with Crippen LogP contribution in [-0.2, 0) is 11.2 Å². The van der Waals surface area contributed by atoms with Gasteiger partial charge in [-0.25, -0.2) is 0 Å². The highest BCUT2D eigenvalue weighted by molar-refractivity contribution is 8.00. The number of hydrogen-bond acceptors (Lipinski definition) is 5. The van der Waals surface area contributed by atoms with Crippen molar-refractivity contribution < 1.29 is 14.8 Å². The van der Waals surface area contributed by atoms with Crippen molar-refractivity contribution in [2.24, 2.45) is 0 Å². The van der Waals surface area contributed by atoms with Gasteiger partial charge in [0.25, 0.3) is 0 Å². The Balaban J connectivity index is 2.21. The predicted octanol–water partition coefficient (Wildman–Crippen LogP) is 2.78. The van der Waals surface area contributed by atoms with Gasteiger partial charge in [-0.05, 0) is 18.1 Å². The number of carboxylic acid groups (broad SMARTS) is 1. The molecule has 1 aromatic carbocycles. The molecule has 0 spiro atoms. The monoisotopic (exact) mass is 304 g/mol. The van der Waals surface area contributed by atoms with E-state index in [-0.39, 0.29) is 5.69 Å². The summed E-state index contributed by atoms with van der Waals surface area (Å²) in [5, 5.41) is 19.5. The molecule has 0 amide bonds. The molecule has 0 saturated heterocycles. The third-order valence-corrected chi connectivity index (χ3v) is 4.02. The van der Waals surface area contributed by atoms with Crippen LogP contribution in [0.5, 0.6) is 0 Å². The van der Waals surface area contributed by atoms with Gasteiger partial charge in [-0.2, -0.15) is 0 Å². The average molecular weight is 304 g/mol. The fourth-order valence-corrected chi connectivity index (χ4v) is 2.84. The summed E-state index contributed by atoms with van der Waals surface area (Å²) in [6.45, 7) is 0. The minimum atomic E-state index is -1.00. The molecule has 0 aliphatic carbocycles. The fourth-order valence-electron chi connectivity index (χ4n) is 1.77. The van der Waals surface area contributed by atoms with Gasteiger partial charge in [0.1, 0.15) is 11.4 Å². The summed E-state index contributed by atoms with van der Waals surface area (Å²) in [6.07, 6.45) is 2.83. The molecule has 1 atom stereocenters. The molecule has 0 aliphatic heterocycles. The lowest BCUT2D eigenvalue weighted by atomic mass is 10.1. The van der Waals surface area contributed by atoms with E-state index in [1.165, 1.54) is 12.3 Å². The molecule has 2 rings (SSSR count). The lowest BCUT2D eigenvalue weighted by Crippen LogP contribution is -2.19. The summed E-state index contributed by atoms with van der Waals surface area (Å²) in [5.41, 5.74) is 0.691. The standard InChI is InChI=1S/C14H12N2O4S/c17-14(18)13(8-10-4-2-1-3-5-10)21-12-6-7-15-9-11(12)16(19)20/h1-7,9,13H,8H2,(H,17,18). The summed E-state index contributed by atoms with van der Waals surface area (Å²) in [4.78, 5) is 25.8. The molecule has 1 N–H and O–H groups in total. The first-order valence-corrected chi connectivity index (χ1v) is 6.97. The van der Waals surface area contributed by atoms with Gasteiger partial charge in [0.15, 0.2) is 0 Å². The highest BCUT2D eigenvalue weighted by atomic mass is 32.2. The first-order valence-electron chi connectivity index (χ1n) is 6.09. The van der Waals surface area contributed by atoms with Gasteiger partial charge < -0.3 is 5.11 Å². The van der Waals surface area contributed by atoms with Crippen molar-refractivity contribution in [2.75, 3.05) is 0 Å². The molecule has 2 aromatic rings. The van der Waals surface area contributed by atoms with Gasteiger partial charge in [-0.15, -0.1) is 11.8 Å². The smallest absolute Gasteiger partial charge is 0.317 e. The Morgan fingerprint density at radius 2 is 2.05 bits per heavy atom. The summed E-state index contributed by atoms with van der Waals surface area (Å²) in [6, 6.07) is 10.6. The first kappa shape index (κ1) is 15.0. The van der Waals surface area contributed by atoms with Crippen molar-refractivity contribution in [1.82, 2.24) is 4.98 Å². The van der Waals surface area contributed by atoms with Crippen LogP contribution in [0, 0.1) is 10.1 Å². The fraction of sp³-hybridized carbons (Fsp3) is 0.143. The first-order chi connectivity index (χ1) is 10.1. The molecule has 0 bridgehead atoms. The van der Waals surface area contributed by atoms with Gasteiger partial charge in [0, 0.05) is 6.20 Å². The molecule has 0 radical (unpaired) electrons. The number of aliphatic carboxylic acids is 1. The molecule has 21 heavy (non-hydrogen) atoms. The minimum absolute atomic E-state index is 0.179. The minimum Gasteiger partial charge on any atom is -0.480 e. The highest BCUT2D eigenvalue weighted by Gasteiger charge is 2.24. The van der Waals surface area contributed by atoms with Crippen LogP contribution in [0.2, 0.25) is 0 Å². The molecule has 6 nitrogen and oxygen atoms in total. The predicted molar refractivity (Wildman–Crippen MR) is 78.3 cm³/mol. The maximum atomic E-state index is 11.4. The van der Waals surface area contributed by atoms with Crippen LogP contribution in [-0.4, -0.2) is 26.2 Å². The number of thioether (sulfide) groups is 1. The summed E-state index contributed by atoms with van der Waals surface area (Å²) in [5.74, 6) is -1.00. The van der Waals surface area contributed by atoms with E-state index in [2.05, 4.69) is 4.98 Å². The zero-order valence-corrected chi connectivity index (χ0v) is 11.7. The second-order valence-electron chi connectivity index (χ2n) is 4.23. The van der Waals surface area contributed by atoms with Crippen molar-refractivity contribution >= 4 is 23.4 Å². The Hall–Kier alpha value is -2.41. The van der Waals surface area contributed by atoms with E-state index in [0.717, 1.165) is 23.5 Å². The number of aromatic nitrogens is 1. The number of carbonyl (C=O) groups is 1. The van der Waals surface area contributed by atoms with E-state index in [0.29, 0.717) is 11.3 Å². The maximum absolute atomic E-state index is 11.4. The SMILES string of the molecule is O=C(O)C(Cc1ccccc1)Sc1ccncc1[N+](=O)[O-]. The normalized spacial score (nSPS) is 11.8. The number of pyridine rings is 1.